The van der Waals surface area contributed by atoms with Crippen LogP contribution in [-0.4, -0.2) is 55.0 Å². The van der Waals surface area contributed by atoms with Gasteiger partial charge in [0.1, 0.15) is 6.61 Å². The first kappa shape index (κ1) is 13.1. The number of hydrogen-bond donors (Lipinski definition) is 4. The number of carboxylic acid groups (broad SMARTS) is 1. The Balaban J connectivity index is 1.71. The molecule has 7 nitrogen and oxygen atoms in total. The molecular weight excluding hydrogens is 238 g/mol. The molecule has 0 aromatic heterocycles. The largest absolute Gasteiger partial charge is 0.465 e. The quantitative estimate of drug-likeness (QED) is 0.503. The number of hydrogen-bond acceptors (Lipinski definition) is 4. The van der Waals surface area contributed by atoms with E-state index in [1.165, 1.54) is 0 Å². The number of rotatable bonds is 6. The van der Waals surface area contributed by atoms with E-state index in [0.29, 0.717) is 19.0 Å². The van der Waals surface area contributed by atoms with E-state index in [1.807, 2.05) is 0 Å². The summed E-state index contributed by atoms with van der Waals surface area (Å²) in [5.41, 5.74) is -0.605. The maximum absolute atomic E-state index is 11.4. The summed E-state index contributed by atoms with van der Waals surface area (Å²) in [7, 11) is 0. The molecule has 2 aliphatic rings. The maximum Gasteiger partial charge on any atom is 0.405 e. The number of carbonyl (C=O) groups excluding carboxylic acids is 1. The Kier molecular flexibility index (Phi) is 4.03. The molecule has 1 aliphatic carbocycles. The van der Waals surface area contributed by atoms with Crippen LogP contribution in [0, 0.1) is 0 Å². The van der Waals surface area contributed by atoms with Gasteiger partial charge in [-0.25, -0.2) is 4.79 Å². The zero-order valence-corrected chi connectivity index (χ0v) is 10.2. The van der Waals surface area contributed by atoms with Gasteiger partial charge < -0.3 is 25.8 Å². The molecule has 0 aromatic carbocycles. The molecule has 7 heteroatoms. The number of ether oxygens (including phenoxy) is 1. The Morgan fingerprint density at radius 3 is 2.78 bits per heavy atom. The molecule has 0 aromatic rings. The lowest BCUT2D eigenvalue weighted by atomic mass is 10.0. The molecular formula is C11H19N3O4. The minimum absolute atomic E-state index is 0.0143. The van der Waals surface area contributed by atoms with Gasteiger partial charge in [0, 0.05) is 12.6 Å². The van der Waals surface area contributed by atoms with Crippen molar-refractivity contribution in [2.24, 2.45) is 0 Å². The molecule has 0 radical (unpaired) electrons. The van der Waals surface area contributed by atoms with Gasteiger partial charge in [-0.05, 0) is 25.8 Å². The second-order valence-electron chi connectivity index (χ2n) is 4.97. The number of nitrogens with one attached hydrogen (secondary N) is 3. The summed E-state index contributed by atoms with van der Waals surface area (Å²) in [5, 5.41) is 17.2. The van der Waals surface area contributed by atoms with Gasteiger partial charge in [-0.2, -0.15) is 0 Å². The van der Waals surface area contributed by atoms with Crippen LogP contribution in [0.25, 0.3) is 0 Å². The molecule has 1 atom stereocenters. The third-order valence-corrected chi connectivity index (χ3v) is 3.17. The second kappa shape index (κ2) is 5.53. The van der Waals surface area contributed by atoms with Gasteiger partial charge >= 0.3 is 6.09 Å². The Morgan fingerprint density at radius 1 is 1.44 bits per heavy atom. The normalized spacial score (nSPS) is 26.9. The Bertz CT molecular complexity index is 324. The lowest BCUT2D eigenvalue weighted by molar-refractivity contribution is -0.126. The van der Waals surface area contributed by atoms with E-state index in [2.05, 4.69) is 16.0 Å². The maximum atomic E-state index is 11.4. The fourth-order valence-corrected chi connectivity index (χ4v) is 2.07. The SMILES string of the molecule is O=C(O)N[C@]1(COCC(=O)NC2CC2)CCNC1. The van der Waals surface area contributed by atoms with Gasteiger partial charge in [0.15, 0.2) is 0 Å². The Morgan fingerprint density at radius 2 is 2.22 bits per heavy atom. The zero-order chi connectivity index (χ0) is 13.0. The van der Waals surface area contributed by atoms with E-state index >= 15 is 0 Å². The van der Waals surface area contributed by atoms with Gasteiger partial charge in [-0.15, -0.1) is 0 Å². The van der Waals surface area contributed by atoms with Crippen LogP contribution in [0.1, 0.15) is 19.3 Å². The summed E-state index contributed by atoms with van der Waals surface area (Å²) < 4.78 is 5.33. The van der Waals surface area contributed by atoms with Gasteiger partial charge in [0.25, 0.3) is 0 Å². The minimum Gasteiger partial charge on any atom is -0.465 e. The minimum atomic E-state index is -1.07. The molecule has 0 unspecified atom stereocenters. The summed E-state index contributed by atoms with van der Waals surface area (Å²) >= 11 is 0. The van der Waals surface area contributed by atoms with Crippen molar-refractivity contribution in [2.75, 3.05) is 26.3 Å². The molecule has 2 rings (SSSR count). The van der Waals surface area contributed by atoms with E-state index in [4.69, 9.17) is 9.84 Å². The lowest BCUT2D eigenvalue weighted by Crippen LogP contribution is -2.53. The van der Waals surface area contributed by atoms with Crippen molar-refractivity contribution >= 4 is 12.0 Å². The molecule has 0 spiro atoms. The summed E-state index contributed by atoms with van der Waals surface area (Å²) in [6, 6.07) is 0.320. The van der Waals surface area contributed by atoms with Crippen molar-refractivity contribution in [3.8, 4) is 0 Å². The molecule has 2 fully saturated rings. The van der Waals surface area contributed by atoms with Crippen LogP contribution >= 0.6 is 0 Å². The van der Waals surface area contributed by atoms with Crippen LogP contribution in [0.3, 0.4) is 0 Å². The second-order valence-corrected chi connectivity index (χ2v) is 4.97. The van der Waals surface area contributed by atoms with E-state index in [-0.39, 0.29) is 19.1 Å². The first-order chi connectivity index (χ1) is 8.60. The lowest BCUT2D eigenvalue weighted by Gasteiger charge is -2.27. The molecule has 4 N–H and O–H groups in total. The fraction of sp³-hybridized carbons (Fsp3) is 0.818. The topological polar surface area (TPSA) is 99.7 Å². The molecule has 1 saturated carbocycles. The van der Waals surface area contributed by atoms with Crippen molar-refractivity contribution in [1.82, 2.24) is 16.0 Å². The molecule has 102 valence electrons. The predicted octanol–water partition coefficient (Wildman–Crippen LogP) is -0.719. The predicted molar refractivity (Wildman–Crippen MR) is 63.4 cm³/mol. The standard InChI is InChI=1S/C11H19N3O4/c15-9(13-8-1-2-8)5-18-7-11(14-10(16)17)3-4-12-6-11/h8,12,14H,1-7H2,(H,13,15)(H,16,17)/t11-/m1/s1. The highest BCUT2D eigenvalue weighted by Gasteiger charge is 2.36. The van der Waals surface area contributed by atoms with Crippen LogP contribution in [-0.2, 0) is 9.53 Å². The molecule has 0 bridgehead atoms. The Labute approximate surface area is 105 Å². The molecule has 1 saturated heterocycles. The van der Waals surface area contributed by atoms with Crippen molar-refractivity contribution < 1.29 is 19.4 Å². The molecule has 1 aliphatic heterocycles. The van der Waals surface area contributed by atoms with Crippen LogP contribution < -0.4 is 16.0 Å². The van der Waals surface area contributed by atoms with Gasteiger partial charge in [-0.1, -0.05) is 0 Å². The van der Waals surface area contributed by atoms with Gasteiger partial charge in [-0.3, -0.25) is 4.79 Å². The third-order valence-electron chi connectivity index (χ3n) is 3.17. The van der Waals surface area contributed by atoms with Crippen LogP contribution in [0.5, 0.6) is 0 Å². The number of amides is 2. The van der Waals surface area contributed by atoms with Crippen LogP contribution in [0.4, 0.5) is 4.79 Å². The average molecular weight is 257 g/mol. The summed E-state index contributed by atoms with van der Waals surface area (Å²) in [6.07, 6.45) is 1.69. The number of carbonyl (C=O) groups is 2. The highest BCUT2D eigenvalue weighted by molar-refractivity contribution is 5.77. The summed E-state index contributed by atoms with van der Waals surface area (Å²) in [6.45, 7) is 1.48. The highest BCUT2D eigenvalue weighted by atomic mass is 16.5. The van der Waals surface area contributed by atoms with Crippen molar-refractivity contribution in [1.29, 1.82) is 0 Å². The Hall–Kier alpha value is -1.34. The third kappa shape index (κ3) is 3.85. The summed E-state index contributed by atoms with van der Waals surface area (Å²) in [4.78, 5) is 22.1. The molecule has 1 heterocycles. The van der Waals surface area contributed by atoms with E-state index in [9.17, 15) is 9.59 Å². The van der Waals surface area contributed by atoms with E-state index in [0.717, 1.165) is 19.4 Å². The average Bonchev–Trinajstić information content (AvgIpc) is 2.97. The van der Waals surface area contributed by atoms with Crippen molar-refractivity contribution in [3.63, 3.8) is 0 Å². The van der Waals surface area contributed by atoms with E-state index in [1.54, 1.807) is 0 Å². The van der Waals surface area contributed by atoms with Crippen molar-refractivity contribution in [3.05, 3.63) is 0 Å². The van der Waals surface area contributed by atoms with Gasteiger partial charge in [0.2, 0.25) is 5.91 Å². The molecule has 18 heavy (non-hydrogen) atoms. The van der Waals surface area contributed by atoms with Crippen LogP contribution in [0.15, 0.2) is 0 Å². The fourth-order valence-electron chi connectivity index (χ4n) is 2.07. The van der Waals surface area contributed by atoms with E-state index < -0.39 is 11.6 Å². The smallest absolute Gasteiger partial charge is 0.405 e. The van der Waals surface area contributed by atoms with Crippen molar-refractivity contribution in [2.45, 2.75) is 30.8 Å². The van der Waals surface area contributed by atoms with Gasteiger partial charge in [0.05, 0.1) is 12.1 Å². The van der Waals surface area contributed by atoms with Crippen LogP contribution in [0.2, 0.25) is 0 Å². The zero-order valence-electron chi connectivity index (χ0n) is 10.2. The first-order valence-corrected chi connectivity index (χ1v) is 6.19. The highest BCUT2D eigenvalue weighted by Crippen LogP contribution is 2.18. The first-order valence-electron chi connectivity index (χ1n) is 6.19. The monoisotopic (exact) mass is 257 g/mol. The summed E-state index contributed by atoms with van der Waals surface area (Å²) in [5.74, 6) is -0.131. The molecule has 2 amide bonds.